The number of nitrogens with one attached hydrogen (secondary N) is 2. The molecule has 1 aliphatic heterocycles. The summed E-state index contributed by atoms with van der Waals surface area (Å²) in [7, 11) is 0. The highest BCUT2D eigenvalue weighted by atomic mass is 16.5. The second-order valence-electron chi connectivity index (χ2n) is 7.45. The standard InChI is InChI=1S/C23H25N3O5/c1-4-23(17-8-6-5-7-9-17)21(29)26(22(30)25-23)13-20(28)31-14-19(27)24-18-11-10-15(2)16(3)12-18/h5-12H,4,13-14H2,1-3H3,(H,24,27)(H,25,30). The lowest BCUT2D eigenvalue weighted by Crippen LogP contribution is -2.44. The maximum atomic E-state index is 13.0. The minimum Gasteiger partial charge on any atom is -0.454 e. The Bertz CT molecular complexity index is 1020. The van der Waals surface area contributed by atoms with Crippen molar-refractivity contribution < 1.29 is 23.9 Å². The number of nitrogens with zero attached hydrogens (tertiary/aromatic N) is 1. The second kappa shape index (κ2) is 8.99. The highest BCUT2D eigenvalue weighted by molar-refractivity contribution is 6.09. The fraction of sp³-hybridized carbons (Fsp3) is 0.304. The zero-order chi connectivity index (χ0) is 22.6. The Balaban J connectivity index is 1.58. The third-order valence-electron chi connectivity index (χ3n) is 5.41. The summed E-state index contributed by atoms with van der Waals surface area (Å²) in [6.45, 7) is 4.58. The first-order valence-corrected chi connectivity index (χ1v) is 9.99. The number of esters is 1. The van der Waals surface area contributed by atoms with Gasteiger partial charge in [0.2, 0.25) is 0 Å². The van der Waals surface area contributed by atoms with Crippen LogP contribution in [0.25, 0.3) is 0 Å². The van der Waals surface area contributed by atoms with Crippen LogP contribution >= 0.6 is 0 Å². The highest BCUT2D eigenvalue weighted by Gasteiger charge is 2.51. The molecule has 3 rings (SSSR count). The molecule has 4 amide bonds. The molecule has 2 N–H and O–H groups in total. The maximum Gasteiger partial charge on any atom is 0.326 e. The van der Waals surface area contributed by atoms with Gasteiger partial charge >= 0.3 is 12.0 Å². The Hall–Kier alpha value is -3.68. The zero-order valence-corrected chi connectivity index (χ0v) is 17.7. The van der Waals surface area contributed by atoms with E-state index in [1.54, 1.807) is 37.3 Å². The van der Waals surface area contributed by atoms with Crippen molar-refractivity contribution in [1.29, 1.82) is 0 Å². The fourth-order valence-corrected chi connectivity index (χ4v) is 3.47. The molecule has 0 spiro atoms. The Morgan fingerprint density at radius 1 is 1.06 bits per heavy atom. The topological polar surface area (TPSA) is 105 Å². The van der Waals surface area contributed by atoms with E-state index in [1.165, 1.54) is 0 Å². The van der Waals surface area contributed by atoms with Crippen molar-refractivity contribution in [2.45, 2.75) is 32.7 Å². The largest absolute Gasteiger partial charge is 0.454 e. The van der Waals surface area contributed by atoms with Crippen molar-refractivity contribution in [1.82, 2.24) is 10.2 Å². The van der Waals surface area contributed by atoms with E-state index < -0.39 is 42.5 Å². The van der Waals surface area contributed by atoms with Crippen LogP contribution in [-0.4, -0.2) is 41.9 Å². The minimum atomic E-state index is -1.22. The SMILES string of the molecule is CCC1(c2ccccc2)NC(=O)N(CC(=O)OCC(=O)Nc2ccc(C)c(C)c2)C1=O. The van der Waals surface area contributed by atoms with E-state index in [4.69, 9.17) is 4.74 Å². The second-order valence-corrected chi connectivity index (χ2v) is 7.45. The van der Waals surface area contributed by atoms with E-state index in [0.29, 0.717) is 17.7 Å². The van der Waals surface area contributed by atoms with Crippen molar-refractivity contribution in [3.63, 3.8) is 0 Å². The van der Waals surface area contributed by atoms with Gasteiger partial charge in [-0.25, -0.2) is 4.79 Å². The van der Waals surface area contributed by atoms with Gasteiger partial charge in [0.25, 0.3) is 11.8 Å². The number of hydrogen-bond donors (Lipinski definition) is 2. The maximum absolute atomic E-state index is 13.0. The molecule has 0 bridgehead atoms. The number of ether oxygens (including phenoxy) is 1. The minimum absolute atomic E-state index is 0.325. The van der Waals surface area contributed by atoms with Gasteiger partial charge < -0.3 is 15.4 Å². The Labute approximate surface area is 180 Å². The molecule has 0 aliphatic carbocycles. The fourth-order valence-electron chi connectivity index (χ4n) is 3.47. The number of amides is 4. The lowest BCUT2D eigenvalue weighted by atomic mass is 9.87. The van der Waals surface area contributed by atoms with Crippen LogP contribution in [0.2, 0.25) is 0 Å². The summed E-state index contributed by atoms with van der Waals surface area (Å²) in [6.07, 6.45) is 0.325. The van der Waals surface area contributed by atoms with Gasteiger partial charge in [-0.2, -0.15) is 0 Å². The number of hydrogen-bond acceptors (Lipinski definition) is 5. The molecule has 8 nitrogen and oxygen atoms in total. The van der Waals surface area contributed by atoms with Gasteiger partial charge in [-0.05, 0) is 49.1 Å². The molecule has 1 unspecified atom stereocenters. The van der Waals surface area contributed by atoms with Crippen molar-refractivity contribution in [2.75, 3.05) is 18.5 Å². The molecule has 1 aliphatic rings. The average Bonchev–Trinajstić information content (AvgIpc) is 3.00. The van der Waals surface area contributed by atoms with Gasteiger partial charge in [0.05, 0.1) is 0 Å². The monoisotopic (exact) mass is 423 g/mol. The van der Waals surface area contributed by atoms with E-state index >= 15 is 0 Å². The van der Waals surface area contributed by atoms with Crippen molar-refractivity contribution in [3.05, 3.63) is 65.2 Å². The van der Waals surface area contributed by atoms with Crippen molar-refractivity contribution >= 4 is 29.5 Å². The van der Waals surface area contributed by atoms with Crippen LogP contribution in [0.1, 0.15) is 30.0 Å². The van der Waals surface area contributed by atoms with E-state index in [9.17, 15) is 19.2 Å². The molecule has 8 heteroatoms. The Morgan fingerprint density at radius 2 is 1.77 bits per heavy atom. The predicted octanol–water partition coefficient (Wildman–Crippen LogP) is 2.64. The number of imide groups is 1. The molecule has 0 saturated carbocycles. The number of aryl methyl sites for hydroxylation is 2. The van der Waals surface area contributed by atoms with Gasteiger partial charge in [-0.3, -0.25) is 19.3 Å². The summed E-state index contributed by atoms with van der Waals surface area (Å²) >= 11 is 0. The summed E-state index contributed by atoms with van der Waals surface area (Å²) in [5.41, 5.74) is 2.12. The van der Waals surface area contributed by atoms with Gasteiger partial charge in [-0.1, -0.05) is 43.3 Å². The third-order valence-corrected chi connectivity index (χ3v) is 5.41. The smallest absolute Gasteiger partial charge is 0.326 e. The Morgan fingerprint density at radius 3 is 2.42 bits per heavy atom. The average molecular weight is 423 g/mol. The molecule has 1 heterocycles. The van der Waals surface area contributed by atoms with Crippen LogP contribution in [0.4, 0.5) is 10.5 Å². The molecular weight excluding hydrogens is 398 g/mol. The number of rotatable bonds is 7. The van der Waals surface area contributed by atoms with Crippen LogP contribution in [0, 0.1) is 13.8 Å². The predicted molar refractivity (Wildman–Crippen MR) is 114 cm³/mol. The summed E-state index contributed by atoms with van der Waals surface area (Å²) in [6, 6.07) is 13.6. The molecule has 2 aromatic rings. The first kappa shape index (κ1) is 22.0. The Kier molecular flexibility index (Phi) is 6.39. The van der Waals surface area contributed by atoms with Crippen LogP contribution in [0.3, 0.4) is 0 Å². The molecule has 31 heavy (non-hydrogen) atoms. The lowest BCUT2D eigenvalue weighted by molar-refractivity contribution is -0.150. The van der Waals surface area contributed by atoms with Crippen LogP contribution in [-0.2, 0) is 24.7 Å². The molecule has 0 aromatic heterocycles. The number of carbonyl (C=O) groups excluding carboxylic acids is 4. The van der Waals surface area contributed by atoms with Crippen LogP contribution < -0.4 is 10.6 Å². The molecule has 1 atom stereocenters. The van der Waals surface area contributed by atoms with Gasteiger partial charge in [0.1, 0.15) is 12.1 Å². The summed E-state index contributed by atoms with van der Waals surface area (Å²) in [5, 5.41) is 5.34. The number of benzene rings is 2. The molecule has 1 saturated heterocycles. The normalized spacial score (nSPS) is 18.0. The van der Waals surface area contributed by atoms with E-state index in [-0.39, 0.29) is 0 Å². The highest BCUT2D eigenvalue weighted by Crippen LogP contribution is 2.32. The number of urea groups is 1. The molecule has 0 radical (unpaired) electrons. The molecule has 162 valence electrons. The summed E-state index contributed by atoms with van der Waals surface area (Å²) in [5.74, 6) is -1.89. The number of anilines is 1. The molecular formula is C23H25N3O5. The lowest BCUT2D eigenvalue weighted by Gasteiger charge is -2.25. The molecule has 2 aromatic carbocycles. The van der Waals surface area contributed by atoms with Gasteiger partial charge in [-0.15, -0.1) is 0 Å². The van der Waals surface area contributed by atoms with Gasteiger partial charge in [0.15, 0.2) is 6.61 Å². The van der Waals surface area contributed by atoms with E-state index in [1.807, 2.05) is 32.0 Å². The van der Waals surface area contributed by atoms with E-state index in [0.717, 1.165) is 16.0 Å². The summed E-state index contributed by atoms with van der Waals surface area (Å²) < 4.78 is 4.97. The van der Waals surface area contributed by atoms with Crippen LogP contribution in [0.15, 0.2) is 48.5 Å². The molecule has 1 fully saturated rings. The van der Waals surface area contributed by atoms with Crippen LogP contribution in [0.5, 0.6) is 0 Å². The van der Waals surface area contributed by atoms with E-state index in [2.05, 4.69) is 10.6 Å². The first-order valence-electron chi connectivity index (χ1n) is 9.99. The quantitative estimate of drug-likeness (QED) is 0.526. The zero-order valence-electron chi connectivity index (χ0n) is 17.7. The third kappa shape index (κ3) is 4.58. The number of carbonyl (C=O) groups is 4. The van der Waals surface area contributed by atoms with Crippen molar-refractivity contribution in [2.24, 2.45) is 0 Å². The first-order chi connectivity index (χ1) is 14.8. The summed E-state index contributed by atoms with van der Waals surface area (Å²) in [4.78, 5) is 50.5. The van der Waals surface area contributed by atoms with Crippen molar-refractivity contribution in [3.8, 4) is 0 Å². The van der Waals surface area contributed by atoms with Gasteiger partial charge in [0, 0.05) is 5.69 Å².